The van der Waals surface area contributed by atoms with Crippen LogP contribution in [-0.4, -0.2) is 21.8 Å². The van der Waals surface area contributed by atoms with Gasteiger partial charge in [0.2, 0.25) is 0 Å². The fourth-order valence-corrected chi connectivity index (χ4v) is 3.43. The number of carbonyl (C=O) groups is 1. The summed E-state index contributed by atoms with van der Waals surface area (Å²) in [7, 11) is 0. The van der Waals surface area contributed by atoms with Gasteiger partial charge < -0.3 is 16.2 Å². The number of carboxylic acids is 1. The molecule has 2 aromatic carbocycles. The van der Waals surface area contributed by atoms with E-state index in [2.05, 4.69) is 4.98 Å². The van der Waals surface area contributed by atoms with Gasteiger partial charge in [-0.2, -0.15) is 0 Å². The average molecular weight is 375 g/mol. The smallest absolute Gasteiger partial charge is 0.336 e. The van der Waals surface area contributed by atoms with E-state index in [1.165, 1.54) is 11.8 Å². The van der Waals surface area contributed by atoms with E-state index in [1.807, 2.05) is 24.3 Å². The van der Waals surface area contributed by atoms with Gasteiger partial charge >= 0.3 is 5.97 Å². The van der Waals surface area contributed by atoms with Crippen molar-refractivity contribution in [1.82, 2.24) is 4.98 Å². The molecule has 5 nitrogen and oxygen atoms in total. The molecule has 4 N–H and O–H groups in total. The van der Waals surface area contributed by atoms with Crippen molar-refractivity contribution in [2.24, 2.45) is 0 Å². The van der Waals surface area contributed by atoms with E-state index in [-0.39, 0.29) is 11.3 Å². The summed E-state index contributed by atoms with van der Waals surface area (Å²) in [6.07, 6.45) is 5.10. The minimum atomic E-state index is -0.968. The lowest BCUT2D eigenvalue weighted by Crippen LogP contribution is -2.01. The van der Waals surface area contributed by atoms with E-state index in [9.17, 15) is 9.90 Å². The van der Waals surface area contributed by atoms with E-state index in [4.69, 9.17) is 11.1 Å². The number of aromatic carboxylic acids is 1. The van der Waals surface area contributed by atoms with E-state index in [0.717, 1.165) is 10.6 Å². The zero-order valence-corrected chi connectivity index (χ0v) is 15.1. The number of nitrogens with two attached hydrogens (primary N) is 1. The molecule has 27 heavy (non-hydrogen) atoms. The molecule has 0 fully saturated rings. The fourth-order valence-electron chi connectivity index (χ4n) is 2.44. The molecule has 0 radical (unpaired) electrons. The predicted molar refractivity (Wildman–Crippen MR) is 108 cm³/mol. The molecule has 0 aliphatic heterocycles. The van der Waals surface area contributed by atoms with Crippen LogP contribution in [0, 0.1) is 5.41 Å². The van der Waals surface area contributed by atoms with Gasteiger partial charge in [0.1, 0.15) is 0 Å². The highest BCUT2D eigenvalue weighted by Gasteiger charge is 2.11. The number of carboxylic acid groups (broad SMARTS) is 1. The molecule has 0 spiro atoms. The topological polar surface area (TPSA) is 100 Å². The number of anilines is 1. The van der Waals surface area contributed by atoms with Gasteiger partial charge in [-0.15, -0.1) is 0 Å². The summed E-state index contributed by atoms with van der Waals surface area (Å²) in [5.41, 5.74) is 8.48. The van der Waals surface area contributed by atoms with Crippen LogP contribution in [0.3, 0.4) is 0 Å². The summed E-state index contributed by atoms with van der Waals surface area (Å²) in [6, 6.07) is 17.7. The summed E-state index contributed by atoms with van der Waals surface area (Å²) >= 11 is 1.33. The maximum Gasteiger partial charge on any atom is 0.336 e. The number of allylic oxidation sites excluding steroid dienone is 1. The molecule has 1 heterocycles. The molecular formula is C21H17N3O2S. The lowest BCUT2D eigenvalue weighted by Gasteiger charge is -2.09. The molecule has 0 saturated heterocycles. The van der Waals surface area contributed by atoms with Gasteiger partial charge in [0, 0.05) is 27.2 Å². The highest BCUT2D eigenvalue weighted by molar-refractivity contribution is 7.99. The largest absolute Gasteiger partial charge is 0.478 e. The fraction of sp³-hybridized carbons (Fsp3) is 0. The van der Waals surface area contributed by atoms with Crippen molar-refractivity contribution < 1.29 is 9.90 Å². The number of aromatic nitrogens is 1. The third kappa shape index (κ3) is 4.62. The molecule has 0 unspecified atom stereocenters. The molecule has 0 atom stereocenters. The van der Waals surface area contributed by atoms with Gasteiger partial charge in [0.25, 0.3) is 0 Å². The predicted octanol–water partition coefficient (Wildman–Crippen LogP) is 4.59. The van der Waals surface area contributed by atoms with Crippen molar-refractivity contribution in [3.05, 3.63) is 89.8 Å². The summed E-state index contributed by atoms with van der Waals surface area (Å²) in [6.45, 7) is 0. The first-order chi connectivity index (χ1) is 13.0. The molecule has 0 saturated carbocycles. The monoisotopic (exact) mass is 375 g/mol. The molecule has 134 valence electrons. The number of hydrogen-bond acceptors (Lipinski definition) is 5. The quantitative estimate of drug-likeness (QED) is 0.432. The number of pyridine rings is 1. The van der Waals surface area contributed by atoms with Crippen LogP contribution in [0.1, 0.15) is 21.6 Å². The minimum absolute atomic E-state index is 0.246. The van der Waals surface area contributed by atoms with Crippen molar-refractivity contribution in [3.63, 3.8) is 0 Å². The van der Waals surface area contributed by atoms with Crippen LogP contribution in [0.25, 0.3) is 6.08 Å². The van der Waals surface area contributed by atoms with E-state index in [0.29, 0.717) is 16.1 Å². The van der Waals surface area contributed by atoms with Gasteiger partial charge in [-0.1, -0.05) is 30.0 Å². The van der Waals surface area contributed by atoms with Crippen molar-refractivity contribution in [3.8, 4) is 0 Å². The number of rotatable bonds is 6. The van der Waals surface area contributed by atoms with Crippen molar-refractivity contribution in [2.75, 3.05) is 5.73 Å². The number of nitrogens with one attached hydrogen (secondary N) is 1. The Kier molecular flexibility index (Phi) is 5.68. The maximum absolute atomic E-state index is 11.3. The van der Waals surface area contributed by atoms with Crippen LogP contribution in [0.5, 0.6) is 0 Å². The van der Waals surface area contributed by atoms with Gasteiger partial charge in [0.05, 0.1) is 17.0 Å². The molecule has 0 aliphatic rings. The van der Waals surface area contributed by atoms with Crippen LogP contribution in [0.2, 0.25) is 0 Å². The lowest BCUT2D eigenvalue weighted by molar-refractivity contribution is 0.0693. The van der Waals surface area contributed by atoms with E-state index in [1.54, 1.807) is 54.7 Å². The Morgan fingerprint density at radius 1 is 1.07 bits per heavy atom. The Hall–Kier alpha value is -3.38. The highest BCUT2D eigenvalue weighted by Crippen LogP contribution is 2.32. The number of nitrogen functional groups attached to an aromatic ring is 1. The van der Waals surface area contributed by atoms with E-state index < -0.39 is 5.97 Å². The second-order valence-corrected chi connectivity index (χ2v) is 6.77. The molecule has 0 aliphatic carbocycles. The molecule has 0 amide bonds. The molecule has 3 aromatic rings. The highest BCUT2D eigenvalue weighted by atomic mass is 32.2. The first kappa shape index (κ1) is 18.4. The van der Waals surface area contributed by atoms with Crippen molar-refractivity contribution in [1.29, 1.82) is 5.41 Å². The summed E-state index contributed by atoms with van der Waals surface area (Å²) in [5.74, 6) is -0.968. The van der Waals surface area contributed by atoms with Crippen LogP contribution in [0.4, 0.5) is 5.69 Å². The number of nitrogens with zero attached hydrogens (tertiary/aromatic N) is 1. The summed E-state index contributed by atoms with van der Waals surface area (Å²) in [4.78, 5) is 17.0. The third-order valence-electron chi connectivity index (χ3n) is 3.77. The first-order valence-corrected chi connectivity index (χ1v) is 8.94. The zero-order chi connectivity index (χ0) is 19.2. The first-order valence-electron chi connectivity index (χ1n) is 8.12. The molecule has 3 rings (SSSR count). The van der Waals surface area contributed by atoms with Gasteiger partial charge in [-0.3, -0.25) is 4.98 Å². The minimum Gasteiger partial charge on any atom is -0.478 e. The van der Waals surface area contributed by atoms with Gasteiger partial charge in [0.15, 0.2) is 0 Å². The molecule has 0 bridgehead atoms. The number of hydrogen-bond donors (Lipinski definition) is 3. The Balaban J connectivity index is 1.79. The standard InChI is InChI=1S/C21H17N3O2S/c22-18(11-8-14-5-3-4-12-24-14)16-10-9-15(13-19(16)23)27-20-7-2-1-6-17(20)21(25)26/h1-13,22H,23H2,(H,25,26)/b11-8+,22-18?. The van der Waals surface area contributed by atoms with Crippen LogP contribution < -0.4 is 5.73 Å². The summed E-state index contributed by atoms with van der Waals surface area (Å²) in [5, 5.41) is 17.5. The zero-order valence-electron chi connectivity index (χ0n) is 14.3. The third-order valence-corrected chi connectivity index (χ3v) is 4.83. The Morgan fingerprint density at radius 3 is 2.56 bits per heavy atom. The lowest BCUT2D eigenvalue weighted by atomic mass is 10.1. The van der Waals surface area contributed by atoms with Crippen LogP contribution in [-0.2, 0) is 0 Å². The maximum atomic E-state index is 11.3. The van der Waals surface area contributed by atoms with Crippen LogP contribution >= 0.6 is 11.8 Å². The Morgan fingerprint density at radius 2 is 1.85 bits per heavy atom. The Labute approximate surface area is 161 Å². The molecule has 1 aromatic heterocycles. The molecular weight excluding hydrogens is 358 g/mol. The molecule has 6 heteroatoms. The Bertz CT molecular complexity index is 1020. The number of benzene rings is 2. The van der Waals surface area contributed by atoms with Crippen molar-refractivity contribution >= 4 is 35.2 Å². The second kappa shape index (κ2) is 8.33. The normalized spacial score (nSPS) is 10.8. The second-order valence-electron chi connectivity index (χ2n) is 5.65. The SMILES string of the molecule is N=C(/C=C/c1ccccn1)c1ccc(Sc2ccccc2C(=O)O)cc1N. The van der Waals surface area contributed by atoms with Gasteiger partial charge in [-0.25, -0.2) is 4.79 Å². The van der Waals surface area contributed by atoms with Crippen LogP contribution in [0.15, 0.2) is 82.7 Å². The summed E-state index contributed by atoms with van der Waals surface area (Å²) < 4.78 is 0. The van der Waals surface area contributed by atoms with Gasteiger partial charge in [-0.05, 0) is 54.6 Å². The van der Waals surface area contributed by atoms with Crippen molar-refractivity contribution in [2.45, 2.75) is 9.79 Å². The van der Waals surface area contributed by atoms with E-state index >= 15 is 0 Å². The average Bonchev–Trinajstić information content (AvgIpc) is 2.67.